The number of nitrogens with zero attached hydrogens (tertiary/aromatic N) is 1. The Hall–Kier alpha value is -0.650. The van der Waals surface area contributed by atoms with Crippen LogP contribution in [0, 0.1) is 0 Å². The first kappa shape index (κ1) is 13.8. The minimum atomic E-state index is -0.471. The Labute approximate surface area is 109 Å². The van der Waals surface area contributed by atoms with Crippen LogP contribution < -0.4 is 5.32 Å². The average molecular weight is 256 g/mol. The highest BCUT2D eigenvalue weighted by Gasteiger charge is 2.36. The Morgan fingerprint density at radius 2 is 1.94 bits per heavy atom. The number of amides is 1. The van der Waals surface area contributed by atoms with Gasteiger partial charge in [-0.1, -0.05) is 0 Å². The maximum atomic E-state index is 12.4. The maximum Gasteiger partial charge on any atom is 0.240 e. The number of ether oxygens (including phenoxy) is 2. The van der Waals surface area contributed by atoms with Crippen LogP contribution in [0.3, 0.4) is 0 Å². The first-order valence-electron chi connectivity index (χ1n) is 6.82. The van der Waals surface area contributed by atoms with Gasteiger partial charge in [0.2, 0.25) is 5.91 Å². The molecule has 0 spiro atoms. The van der Waals surface area contributed by atoms with E-state index < -0.39 is 5.54 Å². The van der Waals surface area contributed by atoms with Gasteiger partial charge in [-0.2, -0.15) is 0 Å². The van der Waals surface area contributed by atoms with E-state index in [9.17, 15) is 4.79 Å². The van der Waals surface area contributed by atoms with Gasteiger partial charge in [0.15, 0.2) is 0 Å². The molecule has 1 amide bonds. The van der Waals surface area contributed by atoms with Gasteiger partial charge in [-0.25, -0.2) is 0 Å². The summed E-state index contributed by atoms with van der Waals surface area (Å²) in [5.74, 6) is 0.0971. The van der Waals surface area contributed by atoms with Gasteiger partial charge in [0.1, 0.15) is 0 Å². The molecule has 0 aliphatic carbocycles. The van der Waals surface area contributed by atoms with Gasteiger partial charge < -0.3 is 14.8 Å². The topological polar surface area (TPSA) is 50.8 Å². The lowest BCUT2D eigenvalue weighted by molar-refractivity contribution is -0.136. The second kappa shape index (κ2) is 5.99. The lowest BCUT2D eigenvalue weighted by Gasteiger charge is -2.40. The van der Waals surface area contributed by atoms with Crippen LogP contribution in [0.4, 0.5) is 0 Å². The third-order valence-electron chi connectivity index (χ3n) is 3.85. The van der Waals surface area contributed by atoms with Gasteiger partial charge in [0.05, 0.1) is 31.4 Å². The summed E-state index contributed by atoms with van der Waals surface area (Å²) in [6.07, 6.45) is 2.05. The Bertz CT molecular complexity index is 282. The third kappa shape index (κ3) is 3.22. The lowest BCUT2D eigenvalue weighted by Crippen LogP contribution is -2.60. The van der Waals surface area contributed by atoms with Crippen molar-refractivity contribution in [3.8, 4) is 0 Å². The standard InChI is InChI=1S/C13H24N2O3/c1-13(2,15-5-8-17-9-6-15)12(16)14-11-4-3-7-18-10-11/h11H,3-10H2,1-2H3,(H,14,16)/t11-/m0/s1. The maximum absolute atomic E-state index is 12.4. The molecule has 0 bridgehead atoms. The molecule has 2 aliphatic rings. The van der Waals surface area contributed by atoms with Crippen LogP contribution in [0.25, 0.3) is 0 Å². The molecule has 1 N–H and O–H groups in total. The highest BCUT2D eigenvalue weighted by molar-refractivity contribution is 5.85. The van der Waals surface area contributed by atoms with E-state index in [0.29, 0.717) is 19.8 Å². The van der Waals surface area contributed by atoms with Crippen molar-refractivity contribution in [3.63, 3.8) is 0 Å². The number of hydrogen-bond acceptors (Lipinski definition) is 4. The number of morpholine rings is 1. The predicted octanol–water partition coefficient (Wildman–Crippen LogP) is 0.392. The van der Waals surface area contributed by atoms with Gasteiger partial charge in [-0.05, 0) is 26.7 Å². The van der Waals surface area contributed by atoms with Gasteiger partial charge in [0, 0.05) is 19.7 Å². The summed E-state index contributed by atoms with van der Waals surface area (Å²) >= 11 is 0. The summed E-state index contributed by atoms with van der Waals surface area (Å²) in [7, 11) is 0. The summed E-state index contributed by atoms with van der Waals surface area (Å²) in [5, 5.41) is 3.11. The van der Waals surface area contributed by atoms with E-state index in [1.54, 1.807) is 0 Å². The highest BCUT2D eigenvalue weighted by Crippen LogP contribution is 2.17. The lowest BCUT2D eigenvalue weighted by atomic mass is 9.99. The first-order valence-corrected chi connectivity index (χ1v) is 6.82. The van der Waals surface area contributed by atoms with Crippen LogP contribution in [0.1, 0.15) is 26.7 Å². The Kier molecular flexibility index (Phi) is 4.59. The van der Waals surface area contributed by atoms with Crippen molar-refractivity contribution >= 4 is 5.91 Å². The first-order chi connectivity index (χ1) is 8.60. The largest absolute Gasteiger partial charge is 0.379 e. The fourth-order valence-corrected chi connectivity index (χ4v) is 2.48. The van der Waals surface area contributed by atoms with E-state index >= 15 is 0 Å². The Morgan fingerprint density at radius 1 is 1.22 bits per heavy atom. The molecule has 1 atom stereocenters. The molecule has 0 radical (unpaired) electrons. The summed E-state index contributed by atoms with van der Waals surface area (Å²) in [5.41, 5.74) is -0.471. The van der Waals surface area contributed by atoms with Gasteiger partial charge in [0.25, 0.3) is 0 Å². The minimum absolute atomic E-state index is 0.0971. The van der Waals surface area contributed by atoms with Crippen molar-refractivity contribution < 1.29 is 14.3 Å². The number of carbonyl (C=O) groups is 1. The van der Waals surface area contributed by atoms with E-state index in [4.69, 9.17) is 9.47 Å². The molecule has 18 heavy (non-hydrogen) atoms. The van der Waals surface area contributed by atoms with Crippen molar-refractivity contribution in [2.45, 2.75) is 38.3 Å². The predicted molar refractivity (Wildman–Crippen MR) is 68.5 cm³/mol. The normalized spacial score (nSPS) is 26.9. The summed E-state index contributed by atoms with van der Waals surface area (Å²) in [6, 6.07) is 0.173. The van der Waals surface area contributed by atoms with Crippen LogP contribution in [0.2, 0.25) is 0 Å². The summed E-state index contributed by atoms with van der Waals surface area (Å²) in [4.78, 5) is 14.6. The summed E-state index contributed by atoms with van der Waals surface area (Å²) in [6.45, 7) is 8.49. The van der Waals surface area contributed by atoms with Crippen LogP contribution in [0.5, 0.6) is 0 Å². The average Bonchev–Trinajstić information content (AvgIpc) is 2.41. The molecule has 0 aromatic carbocycles. The number of nitrogens with one attached hydrogen (secondary N) is 1. The SMILES string of the molecule is CC(C)(C(=O)N[C@H]1CCCOC1)N1CCOCC1. The number of rotatable bonds is 3. The molecule has 2 aliphatic heterocycles. The van der Waals surface area contributed by atoms with Gasteiger partial charge >= 0.3 is 0 Å². The molecular formula is C13H24N2O3. The minimum Gasteiger partial charge on any atom is -0.379 e. The van der Waals surface area contributed by atoms with Crippen molar-refractivity contribution in [1.29, 1.82) is 0 Å². The number of hydrogen-bond donors (Lipinski definition) is 1. The summed E-state index contributed by atoms with van der Waals surface area (Å²) < 4.78 is 10.7. The highest BCUT2D eigenvalue weighted by atomic mass is 16.5. The fraction of sp³-hybridized carbons (Fsp3) is 0.923. The second-order valence-electron chi connectivity index (χ2n) is 5.55. The molecular weight excluding hydrogens is 232 g/mol. The molecule has 0 aromatic rings. The molecule has 2 heterocycles. The monoisotopic (exact) mass is 256 g/mol. The van der Waals surface area contributed by atoms with E-state index in [2.05, 4.69) is 10.2 Å². The molecule has 2 rings (SSSR count). The number of carbonyl (C=O) groups excluding carboxylic acids is 1. The molecule has 0 unspecified atom stereocenters. The molecule has 5 nitrogen and oxygen atoms in total. The molecule has 0 saturated carbocycles. The van der Waals surface area contributed by atoms with Crippen LogP contribution in [-0.2, 0) is 14.3 Å². The van der Waals surface area contributed by atoms with Crippen molar-refractivity contribution in [3.05, 3.63) is 0 Å². The third-order valence-corrected chi connectivity index (χ3v) is 3.85. The quantitative estimate of drug-likeness (QED) is 0.794. The van der Waals surface area contributed by atoms with Crippen molar-refractivity contribution in [2.75, 3.05) is 39.5 Å². The van der Waals surface area contributed by atoms with E-state index in [1.807, 2.05) is 13.8 Å². The molecule has 5 heteroatoms. The second-order valence-corrected chi connectivity index (χ2v) is 5.55. The zero-order valence-electron chi connectivity index (χ0n) is 11.4. The van der Waals surface area contributed by atoms with E-state index in [-0.39, 0.29) is 11.9 Å². The van der Waals surface area contributed by atoms with Crippen molar-refractivity contribution in [2.24, 2.45) is 0 Å². The van der Waals surface area contributed by atoms with Crippen molar-refractivity contribution in [1.82, 2.24) is 10.2 Å². The van der Waals surface area contributed by atoms with Gasteiger partial charge in [-0.15, -0.1) is 0 Å². The molecule has 2 fully saturated rings. The molecule has 2 saturated heterocycles. The molecule has 104 valence electrons. The van der Waals surface area contributed by atoms with Crippen LogP contribution >= 0.6 is 0 Å². The Balaban J connectivity index is 1.88. The zero-order valence-corrected chi connectivity index (χ0v) is 11.4. The van der Waals surface area contributed by atoms with Gasteiger partial charge in [-0.3, -0.25) is 9.69 Å². The molecule has 0 aromatic heterocycles. The smallest absolute Gasteiger partial charge is 0.240 e. The fourth-order valence-electron chi connectivity index (χ4n) is 2.48. The Morgan fingerprint density at radius 3 is 2.56 bits per heavy atom. The van der Waals surface area contributed by atoms with Crippen LogP contribution in [-0.4, -0.2) is 61.9 Å². The van der Waals surface area contributed by atoms with E-state index in [1.165, 1.54) is 0 Å². The zero-order chi connectivity index (χ0) is 13.0. The van der Waals surface area contributed by atoms with Crippen LogP contribution in [0.15, 0.2) is 0 Å². The van der Waals surface area contributed by atoms with E-state index in [0.717, 1.165) is 32.5 Å².